The summed E-state index contributed by atoms with van der Waals surface area (Å²) in [6, 6.07) is 7.74. The molecule has 0 aliphatic rings. The number of furan rings is 1. The van der Waals surface area contributed by atoms with Gasteiger partial charge in [0.25, 0.3) is 0 Å². The van der Waals surface area contributed by atoms with Gasteiger partial charge in [-0.3, -0.25) is 0 Å². The Morgan fingerprint density at radius 2 is 2.05 bits per heavy atom. The molecule has 0 aliphatic heterocycles. The van der Waals surface area contributed by atoms with Crippen molar-refractivity contribution in [2.45, 2.75) is 20.4 Å². The van der Waals surface area contributed by atoms with Crippen LogP contribution in [0.4, 0.5) is 5.69 Å². The first-order chi connectivity index (χ1) is 9.24. The van der Waals surface area contributed by atoms with Gasteiger partial charge >= 0.3 is 0 Å². The number of methoxy groups -OCH3 is 1. The van der Waals surface area contributed by atoms with E-state index in [0.717, 1.165) is 28.5 Å². The molecule has 1 N–H and O–H groups in total. The monoisotopic (exact) mass is 261 g/mol. The summed E-state index contributed by atoms with van der Waals surface area (Å²) < 4.78 is 16.2. The number of aryl methyl sites for hydroxylation is 1. The van der Waals surface area contributed by atoms with E-state index in [1.807, 2.05) is 38.1 Å². The Morgan fingerprint density at radius 1 is 1.21 bits per heavy atom. The van der Waals surface area contributed by atoms with Crippen molar-refractivity contribution in [1.29, 1.82) is 0 Å². The zero-order valence-corrected chi connectivity index (χ0v) is 11.5. The van der Waals surface area contributed by atoms with Crippen molar-refractivity contribution in [1.82, 2.24) is 0 Å². The van der Waals surface area contributed by atoms with Crippen molar-refractivity contribution in [3.05, 3.63) is 41.9 Å². The third-order valence-corrected chi connectivity index (χ3v) is 2.88. The molecule has 0 saturated heterocycles. The van der Waals surface area contributed by atoms with Gasteiger partial charge in [0.05, 0.1) is 26.5 Å². The zero-order valence-electron chi connectivity index (χ0n) is 11.5. The van der Waals surface area contributed by atoms with Crippen LogP contribution < -0.4 is 14.8 Å². The van der Waals surface area contributed by atoms with E-state index in [2.05, 4.69) is 5.32 Å². The van der Waals surface area contributed by atoms with Gasteiger partial charge in [-0.15, -0.1) is 0 Å². The van der Waals surface area contributed by atoms with E-state index >= 15 is 0 Å². The molecule has 0 saturated carbocycles. The number of anilines is 1. The maximum atomic E-state index is 5.54. The fourth-order valence-electron chi connectivity index (χ4n) is 1.82. The third-order valence-electron chi connectivity index (χ3n) is 2.88. The summed E-state index contributed by atoms with van der Waals surface area (Å²) in [6.07, 6.45) is 1.70. The summed E-state index contributed by atoms with van der Waals surface area (Å²) in [5.41, 5.74) is 2.12. The lowest BCUT2D eigenvalue weighted by Crippen LogP contribution is -2.01. The number of benzene rings is 1. The highest BCUT2D eigenvalue weighted by atomic mass is 16.5. The van der Waals surface area contributed by atoms with Crippen LogP contribution in [-0.4, -0.2) is 13.7 Å². The van der Waals surface area contributed by atoms with Crippen molar-refractivity contribution in [2.75, 3.05) is 19.0 Å². The number of rotatable bonds is 6. The fourth-order valence-corrected chi connectivity index (χ4v) is 1.82. The van der Waals surface area contributed by atoms with Crippen molar-refractivity contribution in [3.8, 4) is 11.5 Å². The molecule has 0 spiro atoms. The predicted molar refractivity (Wildman–Crippen MR) is 74.9 cm³/mol. The van der Waals surface area contributed by atoms with E-state index < -0.39 is 0 Å². The van der Waals surface area contributed by atoms with Crippen LogP contribution >= 0.6 is 0 Å². The van der Waals surface area contributed by atoms with Gasteiger partial charge in [-0.2, -0.15) is 0 Å². The van der Waals surface area contributed by atoms with Crippen LogP contribution in [0.15, 0.2) is 34.9 Å². The smallest absolute Gasteiger partial charge is 0.163 e. The molecule has 0 fully saturated rings. The van der Waals surface area contributed by atoms with Crippen LogP contribution in [0.5, 0.6) is 11.5 Å². The number of nitrogens with one attached hydrogen (secondary N) is 1. The van der Waals surface area contributed by atoms with E-state index in [0.29, 0.717) is 13.2 Å². The van der Waals surface area contributed by atoms with Gasteiger partial charge in [0, 0.05) is 11.8 Å². The second kappa shape index (κ2) is 6.18. The molecule has 4 heteroatoms. The molecule has 19 heavy (non-hydrogen) atoms. The summed E-state index contributed by atoms with van der Waals surface area (Å²) in [5, 5.41) is 3.31. The average molecular weight is 261 g/mol. The summed E-state index contributed by atoms with van der Waals surface area (Å²) in [5.74, 6) is 2.42. The van der Waals surface area contributed by atoms with Gasteiger partial charge in [-0.25, -0.2) is 0 Å². The summed E-state index contributed by atoms with van der Waals surface area (Å²) in [4.78, 5) is 0. The second-order valence-electron chi connectivity index (χ2n) is 4.18. The standard InChI is InChI=1S/C15H19NO3/c1-4-18-14-9-12(5-6-13(14)17-3)16-10-15-11(2)7-8-19-15/h5-9,16H,4,10H2,1-3H3. The molecule has 102 valence electrons. The minimum absolute atomic E-state index is 0.608. The maximum absolute atomic E-state index is 5.54. The average Bonchev–Trinajstić information content (AvgIpc) is 2.82. The first-order valence-corrected chi connectivity index (χ1v) is 6.32. The SMILES string of the molecule is CCOc1cc(NCc2occc2C)ccc1OC. The Labute approximate surface area is 113 Å². The molecule has 2 aromatic rings. The van der Waals surface area contributed by atoms with Crippen LogP contribution in [0.25, 0.3) is 0 Å². The van der Waals surface area contributed by atoms with Crippen LogP contribution in [-0.2, 0) is 6.54 Å². The lowest BCUT2D eigenvalue weighted by Gasteiger charge is -2.12. The largest absolute Gasteiger partial charge is 0.493 e. The molecule has 0 bridgehead atoms. The molecule has 1 aromatic carbocycles. The molecular weight excluding hydrogens is 242 g/mol. The Balaban J connectivity index is 2.08. The van der Waals surface area contributed by atoms with Gasteiger partial charge in [-0.05, 0) is 37.6 Å². The normalized spacial score (nSPS) is 10.3. The summed E-state index contributed by atoms with van der Waals surface area (Å²) in [7, 11) is 1.64. The zero-order chi connectivity index (χ0) is 13.7. The first kappa shape index (κ1) is 13.3. The first-order valence-electron chi connectivity index (χ1n) is 6.32. The van der Waals surface area contributed by atoms with E-state index in [-0.39, 0.29) is 0 Å². The number of hydrogen-bond donors (Lipinski definition) is 1. The highest BCUT2D eigenvalue weighted by Gasteiger charge is 2.06. The maximum Gasteiger partial charge on any atom is 0.163 e. The predicted octanol–water partition coefficient (Wildman–Crippen LogP) is 3.61. The van der Waals surface area contributed by atoms with Crippen LogP contribution in [0.1, 0.15) is 18.2 Å². The van der Waals surface area contributed by atoms with E-state index in [1.54, 1.807) is 13.4 Å². The molecule has 1 aromatic heterocycles. The van der Waals surface area contributed by atoms with Gasteiger partial charge in [0.2, 0.25) is 0 Å². The quantitative estimate of drug-likeness (QED) is 0.862. The molecule has 4 nitrogen and oxygen atoms in total. The molecule has 0 radical (unpaired) electrons. The number of ether oxygens (including phenoxy) is 2. The lowest BCUT2D eigenvalue weighted by atomic mass is 10.2. The lowest BCUT2D eigenvalue weighted by molar-refractivity contribution is 0.311. The topological polar surface area (TPSA) is 43.6 Å². The molecule has 1 heterocycles. The Kier molecular flexibility index (Phi) is 4.34. The highest BCUT2D eigenvalue weighted by Crippen LogP contribution is 2.30. The van der Waals surface area contributed by atoms with E-state index in [9.17, 15) is 0 Å². The van der Waals surface area contributed by atoms with E-state index in [1.165, 1.54) is 0 Å². The molecule has 0 atom stereocenters. The Hall–Kier alpha value is -2.10. The fraction of sp³-hybridized carbons (Fsp3) is 0.333. The van der Waals surface area contributed by atoms with Gasteiger partial charge in [0.15, 0.2) is 11.5 Å². The van der Waals surface area contributed by atoms with Crippen molar-refractivity contribution < 1.29 is 13.9 Å². The van der Waals surface area contributed by atoms with Crippen molar-refractivity contribution in [2.24, 2.45) is 0 Å². The van der Waals surface area contributed by atoms with Gasteiger partial charge < -0.3 is 19.2 Å². The van der Waals surface area contributed by atoms with Crippen LogP contribution in [0, 0.1) is 6.92 Å². The molecule has 0 unspecified atom stereocenters. The Bertz CT molecular complexity index is 534. The Morgan fingerprint density at radius 3 is 2.68 bits per heavy atom. The third kappa shape index (κ3) is 3.22. The highest BCUT2D eigenvalue weighted by molar-refractivity contribution is 5.54. The number of hydrogen-bond acceptors (Lipinski definition) is 4. The van der Waals surface area contributed by atoms with Crippen molar-refractivity contribution in [3.63, 3.8) is 0 Å². The molecule has 0 amide bonds. The van der Waals surface area contributed by atoms with Crippen molar-refractivity contribution >= 4 is 5.69 Å². The summed E-state index contributed by atoms with van der Waals surface area (Å²) >= 11 is 0. The minimum atomic E-state index is 0.608. The van der Waals surface area contributed by atoms with Crippen LogP contribution in [0.2, 0.25) is 0 Å². The second-order valence-corrected chi connectivity index (χ2v) is 4.18. The molecule has 0 aliphatic carbocycles. The molecular formula is C15H19NO3. The molecule has 2 rings (SSSR count). The van der Waals surface area contributed by atoms with Crippen LogP contribution in [0.3, 0.4) is 0 Å². The van der Waals surface area contributed by atoms with Gasteiger partial charge in [0.1, 0.15) is 5.76 Å². The summed E-state index contributed by atoms with van der Waals surface area (Å²) in [6.45, 7) is 5.24. The minimum Gasteiger partial charge on any atom is -0.493 e. The van der Waals surface area contributed by atoms with Gasteiger partial charge in [-0.1, -0.05) is 0 Å². The van der Waals surface area contributed by atoms with E-state index in [4.69, 9.17) is 13.9 Å².